The molecule has 0 bridgehead atoms. The van der Waals surface area contributed by atoms with E-state index in [1.54, 1.807) is 11.3 Å². The molecule has 0 aliphatic carbocycles. The second-order valence-corrected chi connectivity index (χ2v) is 10.4. The Bertz CT molecular complexity index is 376. The fourth-order valence-electron chi connectivity index (χ4n) is 1.05. The molecule has 14 heavy (non-hydrogen) atoms. The van der Waals surface area contributed by atoms with Gasteiger partial charge in [0.2, 0.25) is 0 Å². The lowest BCUT2D eigenvalue weighted by Gasteiger charge is -2.02. The zero-order valence-electron chi connectivity index (χ0n) is 9.56. The van der Waals surface area contributed by atoms with E-state index in [0.29, 0.717) is 0 Å². The number of thiazole rings is 1. The van der Waals surface area contributed by atoms with E-state index in [0.717, 1.165) is 17.1 Å². The highest BCUT2D eigenvalue weighted by Gasteiger charge is 2.09. The quantitative estimate of drug-likeness (QED) is 0.526. The van der Waals surface area contributed by atoms with Crippen LogP contribution in [0.1, 0.15) is 22.5 Å². The van der Waals surface area contributed by atoms with Crippen LogP contribution in [0.25, 0.3) is 0 Å². The van der Waals surface area contributed by atoms with Gasteiger partial charge in [0.05, 0.1) is 5.01 Å². The SMILES string of the molecule is CCc1sc(C)nc1C#C[Si](C)(C)C. The third-order valence-electron chi connectivity index (χ3n) is 1.68. The third kappa shape index (κ3) is 3.28. The summed E-state index contributed by atoms with van der Waals surface area (Å²) in [7, 11) is -1.26. The molecule has 0 saturated heterocycles. The summed E-state index contributed by atoms with van der Waals surface area (Å²) in [6, 6.07) is 0. The Kier molecular flexibility index (Phi) is 3.52. The molecule has 0 unspecified atom stereocenters. The second-order valence-electron chi connectivity index (χ2n) is 4.36. The molecule has 0 N–H and O–H groups in total. The van der Waals surface area contributed by atoms with Crippen molar-refractivity contribution >= 4 is 19.4 Å². The van der Waals surface area contributed by atoms with Crippen LogP contribution >= 0.6 is 11.3 Å². The molecule has 0 spiro atoms. The van der Waals surface area contributed by atoms with Crippen LogP contribution in [0.2, 0.25) is 19.6 Å². The summed E-state index contributed by atoms with van der Waals surface area (Å²) in [6.45, 7) is 11.0. The number of hydrogen-bond acceptors (Lipinski definition) is 2. The van der Waals surface area contributed by atoms with Gasteiger partial charge in [0.1, 0.15) is 13.8 Å². The predicted octanol–water partition coefficient (Wildman–Crippen LogP) is 3.24. The lowest BCUT2D eigenvalue weighted by molar-refractivity contribution is 1.14. The molecule has 0 atom stereocenters. The van der Waals surface area contributed by atoms with Crippen molar-refractivity contribution in [3.63, 3.8) is 0 Å². The molecule has 1 heterocycles. The Labute approximate surface area is 91.6 Å². The molecule has 0 amide bonds. The second kappa shape index (κ2) is 4.29. The van der Waals surface area contributed by atoms with Crippen LogP contribution in [-0.2, 0) is 6.42 Å². The number of nitrogens with zero attached hydrogens (tertiary/aromatic N) is 1. The van der Waals surface area contributed by atoms with Crippen LogP contribution in [0.3, 0.4) is 0 Å². The summed E-state index contributed by atoms with van der Waals surface area (Å²) < 4.78 is 0. The number of rotatable bonds is 1. The van der Waals surface area contributed by atoms with E-state index in [4.69, 9.17) is 0 Å². The Morgan fingerprint density at radius 1 is 1.36 bits per heavy atom. The third-order valence-corrected chi connectivity index (χ3v) is 3.67. The molecule has 0 aliphatic rings. The first kappa shape index (κ1) is 11.5. The van der Waals surface area contributed by atoms with E-state index in [9.17, 15) is 0 Å². The molecule has 1 aromatic rings. The molecule has 3 heteroatoms. The van der Waals surface area contributed by atoms with Crippen LogP contribution in [0.4, 0.5) is 0 Å². The van der Waals surface area contributed by atoms with Crippen molar-refractivity contribution in [3.8, 4) is 11.5 Å². The van der Waals surface area contributed by atoms with Crippen molar-refractivity contribution in [1.29, 1.82) is 0 Å². The van der Waals surface area contributed by atoms with E-state index in [-0.39, 0.29) is 0 Å². The number of hydrogen-bond donors (Lipinski definition) is 0. The molecule has 76 valence electrons. The molecule has 0 aromatic carbocycles. The first-order valence-corrected chi connectivity index (χ1v) is 9.23. The normalized spacial score (nSPS) is 10.9. The number of aryl methyl sites for hydroxylation is 2. The highest BCUT2D eigenvalue weighted by atomic mass is 32.1. The Balaban J connectivity index is 3.00. The highest BCUT2D eigenvalue weighted by Crippen LogP contribution is 2.17. The lowest BCUT2D eigenvalue weighted by Crippen LogP contribution is -2.16. The maximum atomic E-state index is 4.45. The Morgan fingerprint density at radius 3 is 2.50 bits per heavy atom. The monoisotopic (exact) mass is 223 g/mol. The fraction of sp³-hybridized carbons (Fsp3) is 0.545. The van der Waals surface area contributed by atoms with Gasteiger partial charge in [-0.25, -0.2) is 4.98 Å². The van der Waals surface area contributed by atoms with Crippen molar-refractivity contribution < 1.29 is 0 Å². The van der Waals surface area contributed by atoms with Gasteiger partial charge in [0.25, 0.3) is 0 Å². The molecule has 0 radical (unpaired) electrons. The van der Waals surface area contributed by atoms with E-state index < -0.39 is 8.07 Å². The average molecular weight is 223 g/mol. The minimum absolute atomic E-state index is 1.01. The largest absolute Gasteiger partial charge is 0.233 e. The van der Waals surface area contributed by atoms with Crippen LogP contribution in [0, 0.1) is 18.4 Å². The fourth-order valence-corrected chi connectivity index (χ4v) is 2.38. The van der Waals surface area contributed by atoms with Gasteiger partial charge in [0, 0.05) is 4.88 Å². The van der Waals surface area contributed by atoms with Crippen LogP contribution in [0.5, 0.6) is 0 Å². The first-order valence-electron chi connectivity index (χ1n) is 4.92. The predicted molar refractivity (Wildman–Crippen MR) is 66.5 cm³/mol. The van der Waals surface area contributed by atoms with Crippen LogP contribution in [0.15, 0.2) is 0 Å². The van der Waals surface area contributed by atoms with Gasteiger partial charge >= 0.3 is 0 Å². The molecule has 0 aliphatic heterocycles. The van der Waals surface area contributed by atoms with Gasteiger partial charge in [0.15, 0.2) is 0 Å². The van der Waals surface area contributed by atoms with Gasteiger partial charge in [-0.15, -0.1) is 16.9 Å². The highest BCUT2D eigenvalue weighted by molar-refractivity contribution is 7.11. The van der Waals surface area contributed by atoms with Gasteiger partial charge < -0.3 is 0 Å². The van der Waals surface area contributed by atoms with Crippen molar-refractivity contribution in [3.05, 3.63) is 15.6 Å². The molecular weight excluding hydrogens is 206 g/mol. The van der Waals surface area contributed by atoms with E-state index >= 15 is 0 Å². The lowest BCUT2D eigenvalue weighted by atomic mass is 10.3. The van der Waals surface area contributed by atoms with Crippen molar-refractivity contribution in [2.75, 3.05) is 0 Å². The maximum Gasteiger partial charge on any atom is 0.129 e. The molecule has 0 fully saturated rings. The summed E-state index contributed by atoms with van der Waals surface area (Å²) >= 11 is 1.77. The summed E-state index contributed by atoms with van der Waals surface area (Å²) in [5.74, 6) is 3.24. The van der Waals surface area contributed by atoms with Crippen molar-refractivity contribution in [2.24, 2.45) is 0 Å². The van der Waals surface area contributed by atoms with E-state index in [1.807, 2.05) is 6.92 Å². The standard InChI is InChI=1S/C11H17NSSi/c1-6-11-10(12-9(2)13-11)7-8-14(3,4)5/h6H2,1-5H3. The van der Waals surface area contributed by atoms with Gasteiger partial charge in [-0.2, -0.15) is 0 Å². The Hall–Kier alpha value is -0.593. The van der Waals surface area contributed by atoms with Crippen molar-refractivity contribution in [2.45, 2.75) is 39.9 Å². The van der Waals surface area contributed by atoms with E-state index in [2.05, 4.69) is 43.0 Å². The average Bonchev–Trinajstić information content (AvgIpc) is 2.41. The summed E-state index contributed by atoms with van der Waals surface area (Å²) in [5, 5.41) is 1.13. The van der Waals surface area contributed by atoms with Crippen molar-refractivity contribution in [1.82, 2.24) is 4.98 Å². The molecule has 0 saturated carbocycles. The Morgan fingerprint density at radius 2 is 2.00 bits per heavy atom. The molecular formula is C11H17NSSi. The van der Waals surface area contributed by atoms with E-state index in [1.165, 1.54) is 4.88 Å². The summed E-state index contributed by atoms with van der Waals surface area (Å²) in [6.07, 6.45) is 1.04. The molecule has 1 nitrogen and oxygen atoms in total. The zero-order chi connectivity index (χ0) is 10.8. The minimum Gasteiger partial charge on any atom is -0.233 e. The number of aromatic nitrogens is 1. The first-order chi connectivity index (χ1) is 6.42. The van der Waals surface area contributed by atoms with Gasteiger partial charge in [-0.05, 0) is 13.3 Å². The smallest absolute Gasteiger partial charge is 0.129 e. The summed E-state index contributed by atoms with van der Waals surface area (Å²) in [4.78, 5) is 5.78. The zero-order valence-corrected chi connectivity index (χ0v) is 11.4. The topological polar surface area (TPSA) is 12.9 Å². The van der Waals surface area contributed by atoms with Crippen LogP contribution < -0.4 is 0 Å². The summed E-state index contributed by atoms with van der Waals surface area (Å²) in [5.41, 5.74) is 4.37. The molecule has 1 rings (SSSR count). The molecule has 1 aromatic heterocycles. The maximum absolute atomic E-state index is 4.45. The van der Waals surface area contributed by atoms with Gasteiger partial charge in [-0.3, -0.25) is 0 Å². The van der Waals surface area contributed by atoms with Crippen LogP contribution in [-0.4, -0.2) is 13.1 Å². The minimum atomic E-state index is -1.26. The van der Waals surface area contributed by atoms with Gasteiger partial charge in [-0.1, -0.05) is 32.5 Å².